The topological polar surface area (TPSA) is 21.8 Å². The third-order valence-corrected chi connectivity index (χ3v) is 2.82. The maximum Gasteiger partial charge on any atom is 0.122 e. The van der Waals surface area contributed by atoms with Crippen LogP contribution in [0.5, 0.6) is 5.75 Å². The molecule has 1 atom stereocenters. The van der Waals surface area contributed by atoms with Gasteiger partial charge in [-0.05, 0) is 37.8 Å². The molecule has 0 aliphatic carbocycles. The van der Waals surface area contributed by atoms with Crippen molar-refractivity contribution in [3.8, 4) is 5.75 Å². The third-order valence-electron chi connectivity index (χ3n) is 2.82. The second-order valence-electron chi connectivity index (χ2n) is 4.45. The van der Waals surface area contributed by atoms with Crippen LogP contribution in [0.3, 0.4) is 0 Å². The fourth-order valence-corrected chi connectivity index (χ4v) is 1.81. The molecule has 1 fully saturated rings. The number of epoxide rings is 1. The highest BCUT2D eigenvalue weighted by Gasteiger charge is 2.22. The minimum atomic E-state index is 0.500. The molecule has 1 aliphatic rings. The fraction of sp³-hybridized carbons (Fsp3) is 0.571. The molecule has 0 bridgehead atoms. The average Bonchev–Trinajstić information content (AvgIpc) is 3.09. The van der Waals surface area contributed by atoms with Crippen LogP contribution in [0.25, 0.3) is 0 Å². The van der Waals surface area contributed by atoms with Crippen LogP contribution < -0.4 is 4.74 Å². The minimum absolute atomic E-state index is 0.500. The van der Waals surface area contributed by atoms with Crippen molar-refractivity contribution in [1.29, 1.82) is 0 Å². The first kappa shape index (κ1) is 11.5. The summed E-state index contributed by atoms with van der Waals surface area (Å²) in [5.41, 5.74) is 2.62. The fourth-order valence-electron chi connectivity index (χ4n) is 1.81. The summed E-state index contributed by atoms with van der Waals surface area (Å²) in [4.78, 5) is 0. The molecule has 88 valence electrons. The van der Waals surface area contributed by atoms with Crippen LogP contribution in [0.1, 0.15) is 30.9 Å². The normalized spacial score (nSPS) is 18.5. The molecule has 1 saturated heterocycles. The second-order valence-corrected chi connectivity index (χ2v) is 4.45. The van der Waals surface area contributed by atoms with Gasteiger partial charge in [-0.15, -0.1) is 0 Å². The number of rotatable bonds is 6. The van der Waals surface area contributed by atoms with Gasteiger partial charge in [0.2, 0.25) is 0 Å². The Morgan fingerprint density at radius 2 is 2.25 bits per heavy atom. The highest BCUT2D eigenvalue weighted by Crippen LogP contribution is 2.24. The van der Waals surface area contributed by atoms with Gasteiger partial charge in [0.15, 0.2) is 0 Å². The molecule has 16 heavy (non-hydrogen) atoms. The van der Waals surface area contributed by atoms with Crippen LogP contribution in [0.2, 0.25) is 0 Å². The van der Waals surface area contributed by atoms with E-state index >= 15 is 0 Å². The SMILES string of the molecule is CCCOc1ccc(C)cc1CCC1CO1. The molecule has 0 amide bonds. The summed E-state index contributed by atoms with van der Waals surface area (Å²) in [5, 5.41) is 0. The highest BCUT2D eigenvalue weighted by molar-refractivity contribution is 5.37. The van der Waals surface area contributed by atoms with E-state index in [0.29, 0.717) is 6.10 Å². The standard InChI is InChI=1S/C14H20O2/c1-3-8-15-14-7-4-11(2)9-12(14)5-6-13-10-16-13/h4,7,9,13H,3,5-6,8,10H2,1-2H3. The van der Waals surface area contributed by atoms with E-state index in [-0.39, 0.29) is 0 Å². The molecular formula is C14H20O2. The largest absolute Gasteiger partial charge is 0.493 e. The zero-order chi connectivity index (χ0) is 11.4. The van der Waals surface area contributed by atoms with Crippen molar-refractivity contribution in [3.63, 3.8) is 0 Å². The first-order valence-electron chi connectivity index (χ1n) is 6.13. The maximum absolute atomic E-state index is 5.75. The summed E-state index contributed by atoms with van der Waals surface area (Å²) < 4.78 is 11.0. The summed E-state index contributed by atoms with van der Waals surface area (Å²) >= 11 is 0. The Morgan fingerprint density at radius 1 is 1.44 bits per heavy atom. The summed E-state index contributed by atoms with van der Waals surface area (Å²) in [7, 11) is 0. The molecule has 0 spiro atoms. The summed E-state index contributed by atoms with van der Waals surface area (Å²) in [6.45, 7) is 6.00. The van der Waals surface area contributed by atoms with Crippen molar-refractivity contribution >= 4 is 0 Å². The summed E-state index contributed by atoms with van der Waals surface area (Å²) in [6.07, 6.45) is 3.73. The lowest BCUT2D eigenvalue weighted by Crippen LogP contribution is -2.00. The van der Waals surface area contributed by atoms with Gasteiger partial charge in [0, 0.05) is 0 Å². The molecular weight excluding hydrogens is 200 g/mol. The van der Waals surface area contributed by atoms with Crippen LogP contribution in [0.15, 0.2) is 18.2 Å². The Balaban J connectivity index is 2.01. The van der Waals surface area contributed by atoms with Crippen LogP contribution in [-0.2, 0) is 11.2 Å². The summed E-state index contributed by atoms with van der Waals surface area (Å²) in [6, 6.07) is 6.43. The van der Waals surface area contributed by atoms with Gasteiger partial charge in [-0.1, -0.05) is 24.6 Å². The van der Waals surface area contributed by atoms with Crippen molar-refractivity contribution in [3.05, 3.63) is 29.3 Å². The van der Waals surface area contributed by atoms with Gasteiger partial charge >= 0.3 is 0 Å². The molecule has 1 aromatic rings. The van der Waals surface area contributed by atoms with E-state index < -0.39 is 0 Å². The van der Waals surface area contributed by atoms with E-state index in [1.54, 1.807) is 0 Å². The molecule has 1 unspecified atom stereocenters. The zero-order valence-electron chi connectivity index (χ0n) is 10.2. The zero-order valence-corrected chi connectivity index (χ0v) is 10.2. The van der Waals surface area contributed by atoms with Gasteiger partial charge < -0.3 is 9.47 Å². The number of benzene rings is 1. The molecule has 0 N–H and O–H groups in total. The smallest absolute Gasteiger partial charge is 0.122 e. The first-order chi connectivity index (χ1) is 7.79. The predicted molar refractivity (Wildman–Crippen MR) is 65.0 cm³/mol. The average molecular weight is 220 g/mol. The Kier molecular flexibility index (Phi) is 3.83. The van der Waals surface area contributed by atoms with E-state index in [0.717, 1.165) is 38.2 Å². The lowest BCUT2D eigenvalue weighted by Gasteiger charge is -2.11. The molecule has 0 aromatic heterocycles. The molecule has 2 nitrogen and oxygen atoms in total. The van der Waals surface area contributed by atoms with E-state index in [2.05, 4.69) is 32.0 Å². The van der Waals surface area contributed by atoms with Gasteiger partial charge in [0.25, 0.3) is 0 Å². The lowest BCUT2D eigenvalue weighted by atomic mass is 10.0. The van der Waals surface area contributed by atoms with Gasteiger partial charge in [-0.25, -0.2) is 0 Å². The molecule has 2 rings (SSSR count). The number of ether oxygens (including phenoxy) is 2. The number of aryl methyl sites for hydroxylation is 2. The van der Waals surface area contributed by atoms with E-state index in [4.69, 9.17) is 9.47 Å². The van der Waals surface area contributed by atoms with Crippen LogP contribution in [-0.4, -0.2) is 19.3 Å². The molecule has 1 aliphatic heterocycles. The van der Waals surface area contributed by atoms with Crippen LogP contribution >= 0.6 is 0 Å². The molecule has 1 aromatic carbocycles. The first-order valence-corrected chi connectivity index (χ1v) is 6.13. The summed E-state index contributed by atoms with van der Waals surface area (Å²) in [5.74, 6) is 1.05. The van der Waals surface area contributed by atoms with Crippen molar-refractivity contribution in [2.75, 3.05) is 13.2 Å². The Labute approximate surface area is 97.6 Å². The van der Waals surface area contributed by atoms with Crippen molar-refractivity contribution < 1.29 is 9.47 Å². The molecule has 2 heteroatoms. The van der Waals surface area contributed by atoms with Crippen molar-refractivity contribution in [1.82, 2.24) is 0 Å². The van der Waals surface area contributed by atoms with Crippen molar-refractivity contribution in [2.45, 2.75) is 39.2 Å². The van der Waals surface area contributed by atoms with Gasteiger partial charge in [0.05, 0.1) is 19.3 Å². The molecule has 0 saturated carbocycles. The minimum Gasteiger partial charge on any atom is -0.493 e. The molecule has 0 radical (unpaired) electrons. The second kappa shape index (κ2) is 5.35. The Morgan fingerprint density at radius 3 is 2.94 bits per heavy atom. The molecule has 1 heterocycles. The third kappa shape index (κ3) is 3.24. The van der Waals surface area contributed by atoms with Gasteiger partial charge in [-0.2, -0.15) is 0 Å². The van der Waals surface area contributed by atoms with E-state index in [1.165, 1.54) is 11.1 Å². The van der Waals surface area contributed by atoms with Gasteiger partial charge in [-0.3, -0.25) is 0 Å². The van der Waals surface area contributed by atoms with E-state index in [1.807, 2.05) is 0 Å². The monoisotopic (exact) mass is 220 g/mol. The van der Waals surface area contributed by atoms with E-state index in [9.17, 15) is 0 Å². The Hall–Kier alpha value is -1.02. The predicted octanol–water partition coefficient (Wildman–Crippen LogP) is 3.12. The maximum atomic E-state index is 5.75. The highest BCUT2D eigenvalue weighted by atomic mass is 16.6. The lowest BCUT2D eigenvalue weighted by molar-refractivity contribution is 0.313. The number of hydrogen-bond donors (Lipinski definition) is 0. The van der Waals surface area contributed by atoms with Crippen molar-refractivity contribution in [2.24, 2.45) is 0 Å². The quantitative estimate of drug-likeness (QED) is 0.687. The van der Waals surface area contributed by atoms with Crippen LogP contribution in [0.4, 0.5) is 0 Å². The number of hydrogen-bond acceptors (Lipinski definition) is 2. The van der Waals surface area contributed by atoms with Crippen LogP contribution in [0, 0.1) is 6.92 Å². The Bertz CT molecular complexity index is 343. The van der Waals surface area contributed by atoms with Gasteiger partial charge in [0.1, 0.15) is 5.75 Å².